The molecule has 27 heavy (non-hydrogen) atoms. The first-order valence-corrected chi connectivity index (χ1v) is 10.2. The van der Waals surface area contributed by atoms with Crippen molar-refractivity contribution in [3.8, 4) is 0 Å². The molecule has 7 nitrogen and oxygen atoms in total. The molecule has 9 heteroatoms. The molecule has 0 radical (unpaired) electrons. The Balaban J connectivity index is 2.26. The lowest BCUT2D eigenvalue weighted by atomic mass is 9.91. The number of hydrogen-bond donors (Lipinski definition) is 3. The van der Waals surface area contributed by atoms with E-state index in [1.54, 1.807) is 12.1 Å². The van der Waals surface area contributed by atoms with Gasteiger partial charge in [-0.05, 0) is 60.9 Å². The zero-order valence-corrected chi connectivity index (χ0v) is 16.8. The minimum atomic E-state index is -3.90. The molecule has 0 aliphatic carbocycles. The number of nitrogens with two attached hydrogens (primary N) is 2. The highest BCUT2D eigenvalue weighted by molar-refractivity contribution is 7.93. The molecule has 2 aromatic carbocycles. The minimum absolute atomic E-state index is 0.0933. The van der Waals surface area contributed by atoms with E-state index in [0.717, 1.165) is 16.7 Å². The van der Waals surface area contributed by atoms with Gasteiger partial charge in [-0.1, -0.05) is 24.6 Å². The van der Waals surface area contributed by atoms with Crippen LogP contribution >= 0.6 is 11.6 Å². The van der Waals surface area contributed by atoms with E-state index in [1.807, 2.05) is 32.9 Å². The van der Waals surface area contributed by atoms with Crippen molar-refractivity contribution in [3.63, 3.8) is 0 Å². The van der Waals surface area contributed by atoms with Gasteiger partial charge in [-0.3, -0.25) is 4.31 Å². The average Bonchev–Trinajstić information content (AvgIpc) is 2.92. The highest BCUT2D eigenvalue weighted by Gasteiger charge is 2.46. The second kappa shape index (κ2) is 7.03. The van der Waals surface area contributed by atoms with Gasteiger partial charge in [-0.2, -0.15) is 0 Å². The van der Waals surface area contributed by atoms with Crippen molar-refractivity contribution in [2.45, 2.75) is 37.6 Å². The first-order valence-electron chi connectivity index (χ1n) is 8.39. The van der Waals surface area contributed by atoms with Gasteiger partial charge in [0.1, 0.15) is 11.9 Å². The number of aryl methyl sites for hydroxylation is 1. The Labute approximate surface area is 164 Å². The zero-order valence-electron chi connectivity index (χ0n) is 15.3. The summed E-state index contributed by atoms with van der Waals surface area (Å²) in [6, 6.07) is 9.07. The molecule has 0 bridgehead atoms. The maximum atomic E-state index is 13.5. The highest BCUT2D eigenvalue weighted by atomic mass is 35.5. The standard InChI is InChI=1S/C18H22ClN5O2S/c1-10-4-9-15-16(11(10)2)12(3)17(18(20)22-23-21)24(15)27(25,26)14-7-5-13(19)6-8-14/h4-9,12,17,23H,21H2,1-3H3,(H2,20,22). The predicted octanol–water partition coefficient (Wildman–Crippen LogP) is 2.37. The number of benzene rings is 2. The van der Waals surface area contributed by atoms with E-state index >= 15 is 0 Å². The summed E-state index contributed by atoms with van der Waals surface area (Å²) in [5.41, 5.74) is 11.9. The topological polar surface area (TPSA) is 114 Å². The summed E-state index contributed by atoms with van der Waals surface area (Å²) >= 11 is 5.91. The van der Waals surface area contributed by atoms with Gasteiger partial charge in [0, 0.05) is 10.9 Å². The largest absolute Gasteiger partial charge is 0.384 e. The summed E-state index contributed by atoms with van der Waals surface area (Å²) in [4.78, 5) is 0.128. The second-order valence-electron chi connectivity index (χ2n) is 6.59. The van der Waals surface area contributed by atoms with Gasteiger partial charge in [0.15, 0.2) is 0 Å². The normalized spacial score (nSPS) is 19.9. The molecule has 0 saturated carbocycles. The summed E-state index contributed by atoms with van der Waals surface area (Å²) in [7, 11) is -3.90. The van der Waals surface area contributed by atoms with Crippen LogP contribution in [0.1, 0.15) is 29.5 Å². The molecule has 0 amide bonds. The fraction of sp³-hybridized carbons (Fsp3) is 0.278. The van der Waals surface area contributed by atoms with Gasteiger partial charge in [0.2, 0.25) is 0 Å². The number of sulfonamides is 1. The molecule has 0 aromatic heterocycles. The Hall–Kier alpha value is -2.29. The first kappa shape index (κ1) is 19.5. The van der Waals surface area contributed by atoms with Crippen molar-refractivity contribution >= 4 is 33.1 Å². The molecular formula is C18H22ClN5O2S. The summed E-state index contributed by atoms with van der Waals surface area (Å²) in [6.45, 7) is 5.91. The number of hydrazone groups is 1. The summed E-state index contributed by atoms with van der Waals surface area (Å²) < 4.78 is 28.3. The third-order valence-electron chi connectivity index (χ3n) is 5.05. The quantitative estimate of drug-likeness (QED) is 0.311. The number of rotatable bonds is 4. The van der Waals surface area contributed by atoms with Crippen LogP contribution < -0.4 is 21.4 Å². The van der Waals surface area contributed by atoms with Gasteiger partial charge in [-0.15, -0.1) is 5.10 Å². The Bertz CT molecular complexity index is 1010. The molecule has 1 aliphatic heterocycles. The summed E-state index contributed by atoms with van der Waals surface area (Å²) in [5.74, 6) is 5.18. The van der Waals surface area contributed by atoms with Crippen molar-refractivity contribution in [2.75, 3.05) is 4.31 Å². The number of amidine groups is 1. The van der Waals surface area contributed by atoms with Crippen molar-refractivity contribution in [3.05, 3.63) is 58.1 Å². The third-order valence-corrected chi connectivity index (χ3v) is 7.11. The molecule has 2 aromatic rings. The zero-order chi connectivity index (χ0) is 19.9. The fourth-order valence-electron chi connectivity index (χ4n) is 3.62. The molecule has 5 N–H and O–H groups in total. The molecule has 0 saturated heterocycles. The van der Waals surface area contributed by atoms with Crippen LogP contribution in [0.25, 0.3) is 0 Å². The maximum Gasteiger partial charge on any atom is 0.265 e. The number of nitrogens with zero attached hydrogens (tertiary/aromatic N) is 2. The van der Waals surface area contributed by atoms with Gasteiger partial charge in [0.25, 0.3) is 10.0 Å². The molecule has 3 rings (SSSR count). The van der Waals surface area contributed by atoms with Crippen molar-refractivity contribution < 1.29 is 8.42 Å². The average molecular weight is 408 g/mol. The van der Waals surface area contributed by atoms with Crippen LogP contribution in [0.2, 0.25) is 5.02 Å². The number of hydrogen-bond acceptors (Lipinski definition) is 5. The lowest BCUT2D eigenvalue weighted by Gasteiger charge is -2.28. The molecule has 1 heterocycles. The Morgan fingerprint density at radius 1 is 1.19 bits per heavy atom. The van der Waals surface area contributed by atoms with Gasteiger partial charge in [0.05, 0.1) is 10.6 Å². The molecule has 2 atom stereocenters. The van der Waals surface area contributed by atoms with Crippen LogP contribution in [0, 0.1) is 13.8 Å². The number of nitrogens with one attached hydrogen (secondary N) is 1. The van der Waals surface area contributed by atoms with Crippen LogP contribution in [-0.4, -0.2) is 20.3 Å². The highest BCUT2D eigenvalue weighted by Crippen LogP contribution is 2.46. The van der Waals surface area contributed by atoms with E-state index in [9.17, 15) is 8.42 Å². The lowest BCUT2D eigenvalue weighted by Crippen LogP contribution is -2.48. The van der Waals surface area contributed by atoms with Crippen LogP contribution in [0.5, 0.6) is 0 Å². The Morgan fingerprint density at radius 2 is 1.81 bits per heavy atom. The van der Waals surface area contributed by atoms with E-state index in [1.165, 1.54) is 16.4 Å². The molecule has 0 spiro atoms. The number of anilines is 1. The van der Waals surface area contributed by atoms with Gasteiger partial charge >= 0.3 is 0 Å². The van der Waals surface area contributed by atoms with Crippen LogP contribution in [0.15, 0.2) is 46.4 Å². The van der Waals surface area contributed by atoms with Gasteiger partial charge in [-0.25, -0.2) is 19.8 Å². The third kappa shape index (κ3) is 3.13. The van der Waals surface area contributed by atoms with E-state index in [4.69, 9.17) is 23.2 Å². The van der Waals surface area contributed by atoms with Crippen molar-refractivity contribution in [1.82, 2.24) is 5.53 Å². The Morgan fingerprint density at radius 3 is 2.41 bits per heavy atom. The SMILES string of the molecule is Cc1ccc2c(c1C)C(C)C(/C(N)=N/NN)N2S(=O)(=O)c1ccc(Cl)cc1. The monoisotopic (exact) mass is 407 g/mol. The molecule has 144 valence electrons. The van der Waals surface area contributed by atoms with Gasteiger partial charge < -0.3 is 5.73 Å². The molecule has 2 unspecified atom stereocenters. The number of hydrazine groups is 1. The molecule has 1 aliphatic rings. The minimum Gasteiger partial charge on any atom is -0.384 e. The number of halogens is 1. The summed E-state index contributed by atoms with van der Waals surface area (Å²) in [5, 5.41) is 4.32. The van der Waals surface area contributed by atoms with E-state index < -0.39 is 16.1 Å². The van der Waals surface area contributed by atoms with Crippen molar-refractivity contribution in [2.24, 2.45) is 16.7 Å². The predicted molar refractivity (Wildman–Crippen MR) is 108 cm³/mol. The molecular weight excluding hydrogens is 386 g/mol. The van der Waals surface area contributed by atoms with Crippen LogP contribution in [0.3, 0.4) is 0 Å². The number of fused-ring (bicyclic) bond motifs is 1. The lowest BCUT2D eigenvalue weighted by molar-refractivity contribution is 0.583. The smallest absolute Gasteiger partial charge is 0.265 e. The van der Waals surface area contributed by atoms with E-state index in [-0.39, 0.29) is 16.6 Å². The fourth-order valence-corrected chi connectivity index (χ4v) is 5.46. The second-order valence-corrected chi connectivity index (χ2v) is 8.85. The van der Waals surface area contributed by atoms with E-state index in [2.05, 4.69) is 10.6 Å². The van der Waals surface area contributed by atoms with Crippen LogP contribution in [-0.2, 0) is 10.0 Å². The Kier molecular flexibility index (Phi) is 5.07. The van der Waals surface area contributed by atoms with E-state index in [0.29, 0.717) is 10.7 Å². The first-order chi connectivity index (χ1) is 12.7. The summed E-state index contributed by atoms with van der Waals surface area (Å²) in [6.07, 6.45) is 0. The molecule has 0 fully saturated rings. The van der Waals surface area contributed by atoms with Crippen molar-refractivity contribution in [1.29, 1.82) is 0 Å². The maximum absolute atomic E-state index is 13.5. The van der Waals surface area contributed by atoms with Crippen LogP contribution in [0.4, 0.5) is 5.69 Å².